The van der Waals surface area contributed by atoms with Crippen LogP contribution in [0.5, 0.6) is 0 Å². The Balaban J connectivity index is 1.87. The van der Waals surface area contributed by atoms with Crippen molar-refractivity contribution in [3.63, 3.8) is 0 Å². The molecule has 1 aromatic heterocycles. The van der Waals surface area contributed by atoms with Gasteiger partial charge in [-0.15, -0.1) is 11.8 Å². The summed E-state index contributed by atoms with van der Waals surface area (Å²) in [4.78, 5) is 12.0. The van der Waals surface area contributed by atoms with Gasteiger partial charge in [-0.2, -0.15) is 0 Å². The molecule has 2 aromatic rings. The molecule has 1 aliphatic rings. The smallest absolute Gasteiger partial charge is 0.358 e. The Morgan fingerprint density at radius 1 is 1.42 bits per heavy atom. The quantitative estimate of drug-likeness (QED) is 0.909. The minimum atomic E-state index is -1.09. The number of aromatic carboxylic acids is 1. The zero-order chi connectivity index (χ0) is 13.4. The second-order valence-corrected chi connectivity index (χ2v) is 6.54. The van der Waals surface area contributed by atoms with E-state index in [0.717, 1.165) is 15.3 Å². The van der Waals surface area contributed by atoms with Gasteiger partial charge in [0.15, 0.2) is 11.5 Å². The van der Waals surface area contributed by atoms with E-state index in [1.165, 1.54) is 23.8 Å². The van der Waals surface area contributed by atoms with Crippen molar-refractivity contribution < 1.29 is 14.4 Å². The Labute approximate surface area is 122 Å². The number of carbonyl (C=O) groups is 1. The molecule has 0 bridgehead atoms. The van der Waals surface area contributed by atoms with Crippen molar-refractivity contribution in [1.29, 1.82) is 0 Å². The van der Waals surface area contributed by atoms with Crippen LogP contribution in [0, 0.1) is 0 Å². The predicted molar refractivity (Wildman–Crippen MR) is 75.5 cm³/mol. The Kier molecular flexibility index (Phi) is 3.36. The van der Waals surface area contributed by atoms with Crippen LogP contribution in [0.2, 0.25) is 0 Å². The van der Waals surface area contributed by atoms with Crippen LogP contribution in [0.4, 0.5) is 0 Å². The lowest BCUT2D eigenvalue weighted by Crippen LogP contribution is -1.94. The third-order valence-electron chi connectivity index (χ3n) is 2.76. The number of thioether (sulfide) groups is 1. The largest absolute Gasteiger partial charge is 0.476 e. The van der Waals surface area contributed by atoms with Gasteiger partial charge in [0.25, 0.3) is 0 Å². The Bertz CT molecular complexity index is 637. The molecule has 1 aromatic carbocycles. The molecule has 4 nitrogen and oxygen atoms in total. The highest BCUT2D eigenvalue weighted by molar-refractivity contribution is 9.10. The zero-order valence-electron chi connectivity index (χ0n) is 9.80. The summed E-state index contributed by atoms with van der Waals surface area (Å²) in [6, 6.07) is 7.29. The maximum absolute atomic E-state index is 10.8. The van der Waals surface area contributed by atoms with Gasteiger partial charge in [0.2, 0.25) is 0 Å². The van der Waals surface area contributed by atoms with Crippen LogP contribution in [0.3, 0.4) is 0 Å². The fourth-order valence-corrected chi connectivity index (χ4v) is 3.34. The third kappa shape index (κ3) is 2.84. The van der Waals surface area contributed by atoms with Crippen LogP contribution in [-0.2, 0) is 0 Å². The second kappa shape index (κ2) is 5.02. The number of benzene rings is 1. The first-order chi connectivity index (χ1) is 9.13. The lowest BCUT2D eigenvalue weighted by molar-refractivity contribution is 0.0686. The third-order valence-corrected chi connectivity index (χ3v) is 5.10. The summed E-state index contributed by atoms with van der Waals surface area (Å²) in [5.41, 5.74) is 0.731. The lowest BCUT2D eigenvalue weighted by Gasteiger charge is -2.04. The minimum Gasteiger partial charge on any atom is -0.476 e. The molecule has 1 heterocycles. The number of hydrogen-bond donors (Lipinski definition) is 1. The topological polar surface area (TPSA) is 63.3 Å². The van der Waals surface area contributed by atoms with Crippen LogP contribution < -0.4 is 0 Å². The fraction of sp³-hybridized carbons (Fsp3) is 0.231. The molecule has 0 spiro atoms. The molecule has 0 saturated heterocycles. The van der Waals surface area contributed by atoms with E-state index in [2.05, 4.69) is 21.1 Å². The van der Waals surface area contributed by atoms with E-state index in [1.807, 2.05) is 30.0 Å². The van der Waals surface area contributed by atoms with E-state index in [1.54, 1.807) is 0 Å². The first-order valence-electron chi connectivity index (χ1n) is 5.80. The number of halogens is 1. The molecule has 98 valence electrons. The SMILES string of the molecule is O=C(O)c1cc(-c2ccc(SC3CC3)c(Br)c2)on1. The molecular formula is C13H10BrNO3S. The molecule has 1 saturated carbocycles. The normalized spacial score (nSPS) is 14.6. The Morgan fingerprint density at radius 3 is 2.79 bits per heavy atom. The minimum absolute atomic E-state index is 0.0810. The summed E-state index contributed by atoms with van der Waals surface area (Å²) in [6.07, 6.45) is 2.56. The van der Waals surface area contributed by atoms with Gasteiger partial charge >= 0.3 is 5.97 Å². The number of rotatable bonds is 4. The molecule has 0 aliphatic heterocycles. The van der Waals surface area contributed by atoms with Gasteiger partial charge in [0.05, 0.1) is 0 Å². The van der Waals surface area contributed by atoms with Crippen molar-refractivity contribution in [1.82, 2.24) is 5.16 Å². The number of nitrogens with zero attached hydrogens (tertiary/aromatic N) is 1. The molecule has 1 fully saturated rings. The van der Waals surface area contributed by atoms with Crippen LogP contribution in [-0.4, -0.2) is 21.5 Å². The van der Waals surface area contributed by atoms with Crippen molar-refractivity contribution in [2.45, 2.75) is 23.0 Å². The van der Waals surface area contributed by atoms with Crippen molar-refractivity contribution in [2.75, 3.05) is 0 Å². The monoisotopic (exact) mass is 339 g/mol. The lowest BCUT2D eigenvalue weighted by atomic mass is 10.1. The zero-order valence-corrected chi connectivity index (χ0v) is 12.2. The van der Waals surface area contributed by atoms with Gasteiger partial charge in [-0.05, 0) is 47.0 Å². The molecule has 0 radical (unpaired) electrons. The molecule has 19 heavy (non-hydrogen) atoms. The fourth-order valence-electron chi connectivity index (χ4n) is 1.63. The van der Waals surface area contributed by atoms with Gasteiger partial charge < -0.3 is 9.63 Å². The molecule has 0 amide bonds. The van der Waals surface area contributed by atoms with Gasteiger partial charge in [-0.3, -0.25) is 0 Å². The molecule has 1 N–H and O–H groups in total. The second-order valence-electron chi connectivity index (χ2n) is 4.34. The summed E-state index contributed by atoms with van der Waals surface area (Å²) >= 11 is 5.40. The summed E-state index contributed by atoms with van der Waals surface area (Å²) in [7, 11) is 0. The highest BCUT2D eigenvalue weighted by Gasteiger charge is 2.23. The van der Waals surface area contributed by atoms with E-state index in [4.69, 9.17) is 9.63 Å². The van der Waals surface area contributed by atoms with Gasteiger partial charge in [0, 0.05) is 26.2 Å². The summed E-state index contributed by atoms with van der Waals surface area (Å²) < 4.78 is 6.04. The molecule has 0 atom stereocenters. The Morgan fingerprint density at radius 2 is 2.21 bits per heavy atom. The maximum atomic E-state index is 10.8. The average Bonchev–Trinajstić information content (AvgIpc) is 3.05. The van der Waals surface area contributed by atoms with E-state index >= 15 is 0 Å². The first kappa shape index (κ1) is 12.7. The van der Waals surface area contributed by atoms with Crippen LogP contribution in [0.1, 0.15) is 23.3 Å². The average molecular weight is 340 g/mol. The molecule has 6 heteroatoms. The number of aromatic nitrogens is 1. The van der Waals surface area contributed by atoms with Crippen molar-refractivity contribution >= 4 is 33.7 Å². The summed E-state index contributed by atoms with van der Waals surface area (Å²) in [6.45, 7) is 0. The number of carboxylic acids is 1. The van der Waals surface area contributed by atoms with Crippen molar-refractivity contribution in [3.8, 4) is 11.3 Å². The van der Waals surface area contributed by atoms with Crippen molar-refractivity contribution in [3.05, 3.63) is 34.4 Å². The van der Waals surface area contributed by atoms with E-state index in [0.29, 0.717) is 5.76 Å². The van der Waals surface area contributed by atoms with Crippen LogP contribution >= 0.6 is 27.7 Å². The number of carboxylic acid groups (broad SMARTS) is 1. The molecule has 0 unspecified atom stereocenters. The standard InChI is InChI=1S/C13H10BrNO3S/c14-9-5-7(1-4-12(9)19-8-2-3-8)11-6-10(13(16)17)15-18-11/h1,4-6,8H,2-3H2,(H,16,17). The molecule has 3 rings (SSSR count). The summed E-state index contributed by atoms with van der Waals surface area (Å²) in [5, 5.41) is 13.1. The van der Waals surface area contributed by atoms with Crippen LogP contribution in [0.15, 0.2) is 38.2 Å². The highest BCUT2D eigenvalue weighted by atomic mass is 79.9. The van der Waals surface area contributed by atoms with E-state index in [-0.39, 0.29) is 5.69 Å². The maximum Gasteiger partial charge on any atom is 0.358 e. The molecule has 1 aliphatic carbocycles. The van der Waals surface area contributed by atoms with Crippen molar-refractivity contribution in [2.24, 2.45) is 0 Å². The summed E-state index contributed by atoms with van der Waals surface area (Å²) in [5.74, 6) is -0.629. The number of hydrogen-bond acceptors (Lipinski definition) is 4. The van der Waals surface area contributed by atoms with E-state index < -0.39 is 5.97 Å². The highest BCUT2D eigenvalue weighted by Crippen LogP contribution is 2.42. The first-order valence-corrected chi connectivity index (χ1v) is 7.47. The predicted octanol–water partition coefficient (Wildman–Crippen LogP) is 4.06. The van der Waals surface area contributed by atoms with Gasteiger partial charge in [0.1, 0.15) is 0 Å². The van der Waals surface area contributed by atoms with Gasteiger partial charge in [-0.25, -0.2) is 4.79 Å². The van der Waals surface area contributed by atoms with Crippen LogP contribution in [0.25, 0.3) is 11.3 Å². The van der Waals surface area contributed by atoms with Gasteiger partial charge in [-0.1, -0.05) is 5.16 Å². The Hall–Kier alpha value is -1.27. The molecular weight excluding hydrogens is 330 g/mol. The van der Waals surface area contributed by atoms with E-state index in [9.17, 15) is 4.79 Å².